The van der Waals surface area contributed by atoms with Crippen molar-refractivity contribution in [1.82, 2.24) is 0 Å². The van der Waals surface area contributed by atoms with Crippen LogP contribution in [0.1, 0.15) is 25.7 Å². The lowest BCUT2D eigenvalue weighted by atomic mass is 9.67. The van der Waals surface area contributed by atoms with Crippen molar-refractivity contribution in [1.29, 1.82) is 0 Å². The van der Waals surface area contributed by atoms with E-state index in [0.29, 0.717) is 46.5 Å². The normalized spacial score (nSPS) is 25.6. The monoisotopic (exact) mass is 274 g/mol. The maximum Gasteiger partial charge on any atom is 0.147 e. The zero-order chi connectivity index (χ0) is 13.6. The van der Waals surface area contributed by atoms with E-state index in [0.717, 1.165) is 25.7 Å². The van der Waals surface area contributed by atoms with Crippen molar-refractivity contribution in [3.63, 3.8) is 0 Å². The Morgan fingerprint density at radius 1 is 0.789 bits per heavy atom. The zero-order valence-corrected chi connectivity index (χ0v) is 11.6. The fraction of sp³-hybridized carbons (Fsp3) is 1.00. The second kappa shape index (κ2) is 6.97. The number of ether oxygens (including phenoxy) is 4. The Balaban J connectivity index is 2.18. The minimum absolute atomic E-state index is 0.228. The Hall–Kier alpha value is -0.240. The Kier molecular flexibility index (Phi) is 5.56. The van der Waals surface area contributed by atoms with Crippen LogP contribution >= 0.6 is 0 Å². The number of hydrogen-bond donors (Lipinski definition) is 2. The molecule has 19 heavy (non-hydrogen) atoms. The molecule has 0 saturated carbocycles. The highest BCUT2D eigenvalue weighted by atomic mass is 16.7. The molecule has 0 unspecified atom stereocenters. The maximum absolute atomic E-state index is 6.07. The van der Waals surface area contributed by atoms with Gasteiger partial charge in [0, 0.05) is 0 Å². The van der Waals surface area contributed by atoms with Crippen LogP contribution in [0.3, 0.4) is 0 Å². The molecule has 6 heteroatoms. The van der Waals surface area contributed by atoms with Crippen LogP contribution in [0.4, 0.5) is 0 Å². The molecule has 4 N–H and O–H groups in total. The van der Waals surface area contributed by atoms with Gasteiger partial charge in [0.05, 0.1) is 30.8 Å². The molecule has 2 fully saturated rings. The van der Waals surface area contributed by atoms with Gasteiger partial charge in [-0.25, -0.2) is 0 Å². The number of hydrogen-bond acceptors (Lipinski definition) is 6. The highest BCUT2D eigenvalue weighted by Gasteiger charge is 2.55. The van der Waals surface area contributed by atoms with Gasteiger partial charge in [-0.15, -0.1) is 0 Å². The highest BCUT2D eigenvalue weighted by Crippen LogP contribution is 2.46. The molecule has 1 spiro atoms. The van der Waals surface area contributed by atoms with Gasteiger partial charge < -0.3 is 30.4 Å². The Labute approximate surface area is 114 Å². The summed E-state index contributed by atoms with van der Waals surface area (Å²) in [5, 5.41) is 0. The first-order valence-electron chi connectivity index (χ1n) is 7.06. The molecule has 2 aliphatic heterocycles. The average molecular weight is 274 g/mol. The van der Waals surface area contributed by atoms with E-state index in [4.69, 9.17) is 30.4 Å². The quantitative estimate of drug-likeness (QED) is 0.719. The molecule has 0 amide bonds. The van der Waals surface area contributed by atoms with Crippen molar-refractivity contribution >= 4 is 0 Å². The Morgan fingerprint density at radius 3 is 1.84 bits per heavy atom. The van der Waals surface area contributed by atoms with Crippen LogP contribution < -0.4 is 11.5 Å². The average Bonchev–Trinajstić information content (AvgIpc) is 2.46. The number of rotatable bonds is 6. The van der Waals surface area contributed by atoms with Gasteiger partial charge in [-0.1, -0.05) is 0 Å². The van der Waals surface area contributed by atoms with Crippen LogP contribution in [0, 0.1) is 5.41 Å². The van der Waals surface area contributed by atoms with Gasteiger partial charge in [-0.05, 0) is 38.8 Å². The first-order valence-corrected chi connectivity index (χ1v) is 7.06. The molecule has 0 aromatic carbocycles. The summed E-state index contributed by atoms with van der Waals surface area (Å²) >= 11 is 0. The van der Waals surface area contributed by atoms with E-state index in [-0.39, 0.29) is 11.0 Å². The predicted octanol–water partition coefficient (Wildman–Crippen LogP) is 0.198. The van der Waals surface area contributed by atoms with E-state index in [9.17, 15) is 0 Å². The van der Waals surface area contributed by atoms with Crippen LogP contribution in [0.15, 0.2) is 0 Å². The van der Waals surface area contributed by atoms with E-state index >= 15 is 0 Å². The van der Waals surface area contributed by atoms with Crippen LogP contribution in [0.5, 0.6) is 0 Å². The van der Waals surface area contributed by atoms with Crippen LogP contribution in [0.25, 0.3) is 0 Å². The Bertz CT molecular complexity index is 253. The van der Waals surface area contributed by atoms with Crippen molar-refractivity contribution in [2.45, 2.75) is 31.3 Å². The van der Waals surface area contributed by atoms with Gasteiger partial charge in [0.2, 0.25) is 0 Å². The molecule has 0 aromatic rings. The largest absolute Gasteiger partial charge is 0.355 e. The molecule has 2 aliphatic rings. The van der Waals surface area contributed by atoms with E-state index in [2.05, 4.69) is 0 Å². The Morgan fingerprint density at radius 2 is 1.32 bits per heavy atom. The second-order valence-corrected chi connectivity index (χ2v) is 5.48. The van der Waals surface area contributed by atoms with Crippen LogP contribution in [-0.4, -0.2) is 52.1 Å². The first-order chi connectivity index (χ1) is 9.29. The standard InChI is InChI=1S/C13H26N2O4/c14-5-1-3-13(4-2-6-15)12(9-18-11-19-13)7-16-10-17-8-12/h1-11,14-15H2. The molecule has 0 aliphatic carbocycles. The van der Waals surface area contributed by atoms with Gasteiger partial charge in [-0.3, -0.25) is 0 Å². The first kappa shape index (κ1) is 15.2. The van der Waals surface area contributed by atoms with Crippen molar-refractivity contribution in [3.8, 4) is 0 Å². The third-order valence-corrected chi connectivity index (χ3v) is 4.26. The lowest BCUT2D eigenvalue weighted by Gasteiger charge is -2.54. The van der Waals surface area contributed by atoms with Crippen molar-refractivity contribution < 1.29 is 18.9 Å². The molecule has 2 rings (SSSR count). The smallest absolute Gasteiger partial charge is 0.147 e. The molecule has 2 saturated heterocycles. The summed E-state index contributed by atoms with van der Waals surface area (Å²) in [7, 11) is 0. The van der Waals surface area contributed by atoms with Gasteiger partial charge in [0.1, 0.15) is 13.6 Å². The molecule has 0 aromatic heterocycles. The summed E-state index contributed by atoms with van der Waals surface area (Å²) in [6, 6.07) is 0. The zero-order valence-electron chi connectivity index (χ0n) is 11.6. The summed E-state index contributed by atoms with van der Waals surface area (Å²) in [5.41, 5.74) is 10.8. The van der Waals surface area contributed by atoms with Crippen LogP contribution in [0.2, 0.25) is 0 Å². The topological polar surface area (TPSA) is 89.0 Å². The molecule has 0 bridgehead atoms. The molecular weight excluding hydrogens is 248 g/mol. The fourth-order valence-corrected chi connectivity index (χ4v) is 3.17. The maximum atomic E-state index is 6.07. The van der Waals surface area contributed by atoms with E-state index in [1.807, 2.05) is 0 Å². The van der Waals surface area contributed by atoms with E-state index < -0.39 is 0 Å². The van der Waals surface area contributed by atoms with Crippen molar-refractivity contribution in [3.05, 3.63) is 0 Å². The van der Waals surface area contributed by atoms with Crippen molar-refractivity contribution in [2.24, 2.45) is 16.9 Å². The SMILES string of the molecule is NCCCC1(CCCN)OCOCC12COCOC2. The third-order valence-electron chi connectivity index (χ3n) is 4.26. The molecule has 2 heterocycles. The summed E-state index contributed by atoms with van der Waals surface area (Å²) in [5.74, 6) is 0. The van der Waals surface area contributed by atoms with Gasteiger partial charge >= 0.3 is 0 Å². The van der Waals surface area contributed by atoms with E-state index in [1.54, 1.807) is 0 Å². The summed E-state index contributed by atoms with van der Waals surface area (Å²) in [4.78, 5) is 0. The highest BCUT2D eigenvalue weighted by molar-refractivity contribution is 5.02. The molecule has 0 atom stereocenters. The lowest BCUT2D eigenvalue weighted by Crippen LogP contribution is -2.62. The molecule has 0 radical (unpaired) electrons. The van der Waals surface area contributed by atoms with Crippen LogP contribution in [-0.2, 0) is 18.9 Å². The second-order valence-electron chi connectivity index (χ2n) is 5.48. The summed E-state index contributed by atoms with van der Waals surface area (Å²) in [6.45, 7) is 3.84. The minimum Gasteiger partial charge on any atom is -0.355 e. The minimum atomic E-state index is -0.287. The van der Waals surface area contributed by atoms with Gasteiger partial charge in [-0.2, -0.15) is 0 Å². The lowest BCUT2D eigenvalue weighted by molar-refractivity contribution is -0.321. The summed E-state index contributed by atoms with van der Waals surface area (Å²) in [6.07, 6.45) is 3.65. The molecular formula is C13H26N2O4. The third kappa shape index (κ3) is 3.09. The fourth-order valence-electron chi connectivity index (χ4n) is 3.17. The predicted molar refractivity (Wildman–Crippen MR) is 70.4 cm³/mol. The molecule has 6 nitrogen and oxygen atoms in total. The molecule has 112 valence electrons. The van der Waals surface area contributed by atoms with E-state index in [1.165, 1.54) is 0 Å². The summed E-state index contributed by atoms with van der Waals surface area (Å²) < 4.78 is 22.7. The van der Waals surface area contributed by atoms with Crippen molar-refractivity contribution in [2.75, 3.05) is 46.5 Å². The number of nitrogens with two attached hydrogens (primary N) is 2. The van der Waals surface area contributed by atoms with Gasteiger partial charge in [0.25, 0.3) is 0 Å². The van der Waals surface area contributed by atoms with Gasteiger partial charge in [0.15, 0.2) is 0 Å².